The monoisotopic (exact) mass is 251 g/mol. The van der Waals surface area contributed by atoms with Crippen LogP contribution in [0, 0.1) is 0 Å². The van der Waals surface area contributed by atoms with Crippen LogP contribution in [0.3, 0.4) is 0 Å². The number of aromatic nitrogens is 2. The summed E-state index contributed by atoms with van der Waals surface area (Å²) in [5, 5.41) is 0. The van der Waals surface area contributed by atoms with Crippen LogP contribution in [0.5, 0.6) is 5.88 Å². The number of methoxy groups -OCH3 is 1. The fraction of sp³-hybridized carbons (Fsp3) is 0.667. The lowest BCUT2D eigenvalue weighted by atomic mass is 10.0. The van der Waals surface area contributed by atoms with Crippen molar-refractivity contribution in [1.29, 1.82) is 0 Å². The molecule has 0 radical (unpaired) electrons. The quantitative estimate of drug-likeness (QED) is 0.848. The predicted molar refractivity (Wildman–Crippen MR) is 71.9 cm³/mol. The van der Waals surface area contributed by atoms with Gasteiger partial charge in [0.15, 0.2) is 0 Å². The van der Waals surface area contributed by atoms with Gasteiger partial charge in [-0.3, -0.25) is 0 Å². The number of nitrogens with zero attached hydrogens (tertiary/aromatic N) is 4. The van der Waals surface area contributed by atoms with E-state index in [0.717, 1.165) is 31.7 Å². The minimum atomic E-state index is 0.254. The normalized spacial score (nSPS) is 17.7. The molecule has 0 aromatic carbocycles. The SMILES string of the molecule is COc1cc(N(C)C2CCN(C)CC2)nc(N)n1. The highest BCUT2D eigenvalue weighted by Gasteiger charge is 2.22. The zero-order chi connectivity index (χ0) is 13.1. The minimum Gasteiger partial charge on any atom is -0.481 e. The second-order valence-electron chi connectivity index (χ2n) is 4.77. The molecule has 6 heteroatoms. The lowest BCUT2D eigenvalue weighted by Crippen LogP contribution is -2.42. The van der Waals surface area contributed by atoms with Crippen molar-refractivity contribution in [2.24, 2.45) is 0 Å². The van der Waals surface area contributed by atoms with Gasteiger partial charge in [-0.2, -0.15) is 9.97 Å². The van der Waals surface area contributed by atoms with Crippen molar-refractivity contribution in [2.75, 3.05) is 44.9 Å². The van der Waals surface area contributed by atoms with E-state index in [-0.39, 0.29) is 5.95 Å². The largest absolute Gasteiger partial charge is 0.481 e. The summed E-state index contributed by atoms with van der Waals surface area (Å²) in [6.45, 7) is 2.24. The Morgan fingerprint density at radius 2 is 2.06 bits per heavy atom. The summed E-state index contributed by atoms with van der Waals surface area (Å²) in [5.74, 6) is 1.59. The van der Waals surface area contributed by atoms with Crippen LogP contribution in [0.1, 0.15) is 12.8 Å². The molecule has 0 spiro atoms. The molecule has 0 amide bonds. The number of rotatable bonds is 3. The number of ether oxygens (including phenoxy) is 1. The minimum absolute atomic E-state index is 0.254. The number of piperidine rings is 1. The summed E-state index contributed by atoms with van der Waals surface area (Å²) in [6.07, 6.45) is 2.28. The molecule has 1 saturated heterocycles. The Hall–Kier alpha value is -1.56. The summed E-state index contributed by atoms with van der Waals surface area (Å²) in [5.41, 5.74) is 5.69. The number of hydrogen-bond donors (Lipinski definition) is 1. The van der Waals surface area contributed by atoms with Gasteiger partial charge < -0.3 is 20.3 Å². The predicted octanol–water partition coefficient (Wildman–Crippen LogP) is 0.598. The van der Waals surface area contributed by atoms with Gasteiger partial charge in [-0.05, 0) is 33.0 Å². The van der Waals surface area contributed by atoms with Crippen molar-refractivity contribution in [3.8, 4) is 5.88 Å². The Balaban J connectivity index is 2.12. The lowest BCUT2D eigenvalue weighted by Gasteiger charge is -2.35. The van der Waals surface area contributed by atoms with Gasteiger partial charge in [-0.25, -0.2) is 0 Å². The van der Waals surface area contributed by atoms with E-state index in [1.807, 2.05) is 6.07 Å². The van der Waals surface area contributed by atoms with Crippen LogP contribution < -0.4 is 15.4 Å². The first kappa shape index (κ1) is 12.9. The molecule has 2 heterocycles. The molecule has 2 rings (SSSR count). The Morgan fingerprint density at radius 1 is 1.39 bits per heavy atom. The summed E-state index contributed by atoms with van der Waals surface area (Å²) in [4.78, 5) is 12.8. The third kappa shape index (κ3) is 2.81. The highest BCUT2D eigenvalue weighted by molar-refractivity contribution is 5.45. The van der Waals surface area contributed by atoms with E-state index in [0.29, 0.717) is 11.9 Å². The van der Waals surface area contributed by atoms with Crippen LogP contribution in [0.25, 0.3) is 0 Å². The fourth-order valence-corrected chi connectivity index (χ4v) is 2.28. The van der Waals surface area contributed by atoms with Crippen molar-refractivity contribution < 1.29 is 4.74 Å². The number of likely N-dealkylation sites (tertiary alicyclic amines) is 1. The van der Waals surface area contributed by atoms with E-state index in [9.17, 15) is 0 Å². The number of anilines is 2. The molecule has 1 aliphatic heterocycles. The third-order valence-electron chi connectivity index (χ3n) is 3.51. The summed E-state index contributed by atoms with van der Waals surface area (Å²) >= 11 is 0. The third-order valence-corrected chi connectivity index (χ3v) is 3.51. The first-order chi connectivity index (χ1) is 8.60. The van der Waals surface area contributed by atoms with Crippen LogP contribution >= 0.6 is 0 Å². The Bertz CT molecular complexity index is 403. The van der Waals surface area contributed by atoms with E-state index in [1.165, 1.54) is 0 Å². The standard InChI is InChI=1S/C12H21N5O/c1-16-6-4-9(5-7-16)17(2)10-8-11(18-3)15-12(13)14-10/h8-9H,4-7H2,1-3H3,(H2,13,14,15). The lowest BCUT2D eigenvalue weighted by molar-refractivity contribution is 0.252. The van der Waals surface area contributed by atoms with Crippen molar-refractivity contribution in [1.82, 2.24) is 14.9 Å². The molecule has 0 bridgehead atoms. The molecular formula is C12H21N5O. The molecule has 0 saturated carbocycles. The molecule has 1 aromatic rings. The van der Waals surface area contributed by atoms with Gasteiger partial charge in [-0.1, -0.05) is 0 Å². The maximum atomic E-state index is 5.69. The van der Waals surface area contributed by atoms with Crippen LogP contribution in [0.2, 0.25) is 0 Å². The average molecular weight is 251 g/mol. The molecule has 100 valence electrons. The number of nitrogen functional groups attached to an aromatic ring is 1. The average Bonchev–Trinajstić information content (AvgIpc) is 2.38. The molecule has 1 aliphatic rings. The molecule has 18 heavy (non-hydrogen) atoms. The smallest absolute Gasteiger partial charge is 0.225 e. The van der Waals surface area contributed by atoms with Crippen LogP contribution in [0.4, 0.5) is 11.8 Å². The molecule has 1 fully saturated rings. The van der Waals surface area contributed by atoms with E-state index in [2.05, 4.69) is 33.9 Å². The van der Waals surface area contributed by atoms with Gasteiger partial charge in [0.05, 0.1) is 7.11 Å². The van der Waals surface area contributed by atoms with E-state index in [4.69, 9.17) is 10.5 Å². The van der Waals surface area contributed by atoms with E-state index in [1.54, 1.807) is 7.11 Å². The molecule has 0 unspecified atom stereocenters. The molecule has 2 N–H and O–H groups in total. The number of nitrogens with two attached hydrogens (primary N) is 1. The van der Waals surface area contributed by atoms with E-state index >= 15 is 0 Å². The van der Waals surface area contributed by atoms with Crippen molar-refractivity contribution in [2.45, 2.75) is 18.9 Å². The van der Waals surface area contributed by atoms with Crippen LogP contribution in [-0.2, 0) is 0 Å². The van der Waals surface area contributed by atoms with Crippen molar-refractivity contribution >= 4 is 11.8 Å². The van der Waals surface area contributed by atoms with Crippen LogP contribution in [0.15, 0.2) is 6.07 Å². The summed E-state index contributed by atoms with van der Waals surface area (Å²) in [6, 6.07) is 2.33. The van der Waals surface area contributed by atoms with Gasteiger partial charge in [0.25, 0.3) is 0 Å². The maximum Gasteiger partial charge on any atom is 0.225 e. The fourth-order valence-electron chi connectivity index (χ4n) is 2.28. The molecule has 6 nitrogen and oxygen atoms in total. The maximum absolute atomic E-state index is 5.69. The zero-order valence-corrected chi connectivity index (χ0v) is 11.3. The van der Waals surface area contributed by atoms with Gasteiger partial charge in [-0.15, -0.1) is 0 Å². The van der Waals surface area contributed by atoms with Gasteiger partial charge in [0.2, 0.25) is 11.8 Å². The molecule has 0 atom stereocenters. The topological polar surface area (TPSA) is 67.5 Å². The first-order valence-corrected chi connectivity index (χ1v) is 6.20. The molecular weight excluding hydrogens is 230 g/mol. The van der Waals surface area contributed by atoms with Gasteiger partial charge >= 0.3 is 0 Å². The first-order valence-electron chi connectivity index (χ1n) is 6.20. The van der Waals surface area contributed by atoms with Gasteiger partial charge in [0, 0.05) is 19.2 Å². The van der Waals surface area contributed by atoms with E-state index < -0.39 is 0 Å². The summed E-state index contributed by atoms with van der Waals surface area (Å²) < 4.78 is 5.12. The highest BCUT2D eigenvalue weighted by atomic mass is 16.5. The van der Waals surface area contributed by atoms with Crippen molar-refractivity contribution in [3.05, 3.63) is 6.07 Å². The Kier molecular flexibility index (Phi) is 3.86. The molecule has 0 aliphatic carbocycles. The van der Waals surface area contributed by atoms with Gasteiger partial charge in [0.1, 0.15) is 5.82 Å². The van der Waals surface area contributed by atoms with Crippen LogP contribution in [-0.4, -0.2) is 55.2 Å². The zero-order valence-electron chi connectivity index (χ0n) is 11.3. The van der Waals surface area contributed by atoms with Crippen molar-refractivity contribution in [3.63, 3.8) is 0 Å². The summed E-state index contributed by atoms with van der Waals surface area (Å²) in [7, 11) is 5.79. The number of hydrogen-bond acceptors (Lipinski definition) is 6. The second kappa shape index (κ2) is 5.39. The molecule has 1 aromatic heterocycles. The Labute approximate surface area is 108 Å². The highest BCUT2D eigenvalue weighted by Crippen LogP contribution is 2.23. The second-order valence-corrected chi connectivity index (χ2v) is 4.77. The Morgan fingerprint density at radius 3 is 2.67 bits per heavy atom.